The summed E-state index contributed by atoms with van der Waals surface area (Å²) in [6.45, 7) is 7.81. The highest BCUT2D eigenvalue weighted by atomic mass is 16.6. The first-order valence-corrected chi connectivity index (χ1v) is 7.17. The predicted octanol–water partition coefficient (Wildman–Crippen LogP) is 4.40. The molecule has 0 saturated heterocycles. The molecular formula is C17H24O2. The molecule has 2 nitrogen and oxygen atoms in total. The van der Waals surface area contributed by atoms with E-state index >= 15 is 0 Å². The van der Waals surface area contributed by atoms with Gasteiger partial charge in [0.15, 0.2) is 0 Å². The van der Waals surface area contributed by atoms with Gasteiger partial charge in [-0.05, 0) is 56.6 Å². The zero-order valence-electron chi connectivity index (χ0n) is 12.4. The first-order chi connectivity index (χ1) is 8.85. The average Bonchev–Trinajstić information content (AvgIpc) is 3.10. The van der Waals surface area contributed by atoms with Crippen molar-refractivity contribution in [2.75, 3.05) is 0 Å². The Kier molecular flexibility index (Phi) is 3.98. The summed E-state index contributed by atoms with van der Waals surface area (Å²) in [6, 6.07) is 8.67. The quantitative estimate of drug-likeness (QED) is 0.750. The summed E-state index contributed by atoms with van der Waals surface area (Å²) >= 11 is 0. The molecule has 104 valence electrons. The van der Waals surface area contributed by atoms with E-state index < -0.39 is 5.60 Å². The lowest BCUT2D eigenvalue weighted by molar-refractivity contribution is -0.155. The van der Waals surface area contributed by atoms with Gasteiger partial charge in [-0.25, -0.2) is 0 Å². The van der Waals surface area contributed by atoms with Crippen molar-refractivity contribution in [3.63, 3.8) is 0 Å². The number of hydrogen-bond donors (Lipinski definition) is 0. The van der Waals surface area contributed by atoms with Crippen molar-refractivity contribution in [3.05, 3.63) is 35.4 Å². The highest BCUT2D eigenvalue weighted by Crippen LogP contribution is 2.40. The Morgan fingerprint density at radius 1 is 1.37 bits per heavy atom. The number of carbonyl (C=O) groups is 1. The molecule has 1 fully saturated rings. The highest BCUT2D eigenvalue weighted by molar-refractivity contribution is 5.71. The fourth-order valence-electron chi connectivity index (χ4n) is 2.29. The van der Waals surface area contributed by atoms with Crippen molar-refractivity contribution in [2.45, 2.75) is 64.4 Å². The summed E-state index contributed by atoms with van der Waals surface area (Å²) in [5.41, 5.74) is 2.27. The molecule has 1 aliphatic carbocycles. The summed E-state index contributed by atoms with van der Waals surface area (Å²) in [5, 5.41) is 0. The Morgan fingerprint density at radius 2 is 2.05 bits per heavy atom. The molecule has 1 atom stereocenters. The van der Waals surface area contributed by atoms with E-state index in [9.17, 15) is 4.79 Å². The van der Waals surface area contributed by atoms with Gasteiger partial charge in [0.2, 0.25) is 0 Å². The Hall–Kier alpha value is -1.31. The summed E-state index contributed by atoms with van der Waals surface area (Å²) in [4.78, 5) is 11.9. The van der Waals surface area contributed by atoms with Crippen LogP contribution in [0.5, 0.6) is 0 Å². The van der Waals surface area contributed by atoms with Crippen LogP contribution in [0.1, 0.15) is 69.9 Å². The molecule has 1 aromatic rings. The molecule has 0 amide bonds. The number of benzene rings is 1. The van der Waals surface area contributed by atoms with Gasteiger partial charge in [-0.1, -0.05) is 31.2 Å². The lowest BCUT2D eigenvalue weighted by Gasteiger charge is -2.21. The summed E-state index contributed by atoms with van der Waals surface area (Å²) in [6.07, 6.45) is 3.07. The van der Waals surface area contributed by atoms with E-state index in [-0.39, 0.29) is 11.9 Å². The van der Waals surface area contributed by atoms with Crippen LogP contribution in [-0.2, 0) is 9.53 Å². The second kappa shape index (κ2) is 5.36. The minimum absolute atomic E-state index is 0.114. The van der Waals surface area contributed by atoms with Crippen molar-refractivity contribution < 1.29 is 9.53 Å². The van der Waals surface area contributed by atoms with E-state index in [4.69, 9.17) is 4.74 Å². The monoisotopic (exact) mass is 260 g/mol. The van der Waals surface area contributed by atoms with Gasteiger partial charge in [-0.15, -0.1) is 0 Å². The molecule has 0 spiro atoms. The third-order valence-corrected chi connectivity index (χ3v) is 3.42. The van der Waals surface area contributed by atoms with Crippen molar-refractivity contribution in [1.29, 1.82) is 0 Å². The highest BCUT2D eigenvalue weighted by Gasteiger charge is 2.24. The normalized spacial score (nSPS) is 17.1. The largest absolute Gasteiger partial charge is 0.460 e. The van der Waals surface area contributed by atoms with Gasteiger partial charge in [-0.2, -0.15) is 0 Å². The number of esters is 1. The van der Waals surface area contributed by atoms with E-state index in [1.807, 2.05) is 20.8 Å². The van der Waals surface area contributed by atoms with Gasteiger partial charge >= 0.3 is 5.97 Å². The summed E-state index contributed by atoms with van der Waals surface area (Å²) < 4.78 is 5.38. The van der Waals surface area contributed by atoms with E-state index in [1.54, 1.807) is 0 Å². The first-order valence-electron chi connectivity index (χ1n) is 7.17. The molecule has 0 unspecified atom stereocenters. The molecule has 0 radical (unpaired) electrons. The minimum atomic E-state index is -0.396. The van der Waals surface area contributed by atoms with Gasteiger partial charge in [0.25, 0.3) is 0 Å². The summed E-state index contributed by atoms with van der Waals surface area (Å²) in [7, 11) is 0. The Bertz CT molecular complexity index is 453. The molecule has 2 rings (SSSR count). The smallest absolute Gasteiger partial charge is 0.306 e. The van der Waals surface area contributed by atoms with Crippen LogP contribution >= 0.6 is 0 Å². The van der Waals surface area contributed by atoms with Crippen LogP contribution in [-0.4, -0.2) is 11.6 Å². The van der Waals surface area contributed by atoms with Gasteiger partial charge in [0.1, 0.15) is 5.60 Å². The van der Waals surface area contributed by atoms with Crippen LogP contribution in [0.25, 0.3) is 0 Å². The first kappa shape index (κ1) is 14.1. The Labute approximate surface area is 116 Å². The van der Waals surface area contributed by atoms with Gasteiger partial charge in [-0.3, -0.25) is 4.79 Å². The third kappa shape index (κ3) is 4.38. The molecular weight excluding hydrogens is 236 g/mol. The van der Waals surface area contributed by atoms with E-state index in [1.165, 1.54) is 24.0 Å². The summed E-state index contributed by atoms with van der Waals surface area (Å²) in [5.74, 6) is 0.860. The van der Waals surface area contributed by atoms with Crippen LogP contribution in [0, 0.1) is 0 Å². The molecule has 1 aromatic carbocycles. The van der Waals surface area contributed by atoms with Gasteiger partial charge in [0.05, 0.1) is 6.42 Å². The Morgan fingerprint density at radius 3 is 2.63 bits per heavy atom. The third-order valence-electron chi connectivity index (χ3n) is 3.42. The molecule has 0 N–H and O–H groups in total. The lowest BCUT2D eigenvalue weighted by Crippen LogP contribution is -2.24. The number of hydrogen-bond acceptors (Lipinski definition) is 2. The van der Waals surface area contributed by atoms with E-state index in [2.05, 4.69) is 31.2 Å². The van der Waals surface area contributed by atoms with E-state index in [0.29, 0.717) is 6.42 Å². The van der Waals surface area contributed by atoms with Crippen molar-refractivity contribution in [2.24, 2.45) is 0 Å². The van der Waals surface area contributed by atoms with Crippen LogP contribution in [0.15, 0.2) is 24.3 Å². The van der Waals surface area contributed by atoms with Crippen LogP contribution < -0.4 is 0 Å². The molecule has 19 heavy (non-hydrogen) atoms. The molecule has 1 aliphatic rings. The molecule has 0 aliphatic heterocycles. The fraction of sp³-hybridized carbons (Fsp3) is 0.588. The van der Waals surface area contributed by atoms with Crippen LogP contribution in [0.2, 0.25) is 0 Å². The number of ether oxygens (including phenoxy) is 1. The minimum Gasteiger partial charge on any atom is -0.460 e. The maximum absolute atomic E-state index is 11.9. The van der Waals surface area contributed by atoms with Crippen molar-refractivity contribution >= 4 is 5.97 Å². The van der Waals surface area contributed by atoms with Gasteiger partial charge in [0, 0.05) is 0 Å². The van der Waals surface area contributed by atoms with Gasteiger partial charge < -0.3 is 4.74 Å². The average molecular weight is 260 g/mol. The second-order valence-electron chi connectivity index (χ2n) is 6.64. The molecule has 2 heteroatoms. The van der Waals surface area contributed by atoms with Crippen LogP contribution in [0.3, 0.4) is 0 Å². The standard InChI is InChI=1S/C17H24O2/c1-12(10-16(18)19-17(2,3)4)14-6-5-7-15(11-14)13-8-9-13/h5-7,11-13H,8-10H2,1-4H3/t12-/m0/s1. The van der Waals surface area contributed by atoms with Crippen LogP contribution in [0.4, 0.5) is 0 Å². The predicted molar refractivity (Wildman–Crippen MR) is 77.3 cm³/mol. The number of carbonyl (C=O) groups excluding carboxylic acids is 1. The zero-order valence-corrected chi connectivity index (χ0v) is 12.4. The van der Waals surface area contributed by atoms with Crippen molar-refractivity contribution in [3.8, 4) is 0 Å². The molecule has 0 bridgehead atoms. The zero-order chi connectivity index (χ0) is 14.0. The van der Waals surface area contributed by atoms with Crippen molar-refractivity contribution in [1.82, 2.24) is 0 Å². The maximum Gasteiger partial charge on any atom is 0.306 e. The Balaban J connectivity index is 1.97. The SMILES string of the molecule is C[C@@H](CC(=O)OC(C)(C)C)c1cccc(C2CC2)c1. The second-order valence-corrected chi connectivity index (χ2v) is 6.64. The topological polar surface area (TPSA) is 26.3 Å². The lowest BCUT2D eigenvalue weighted by atomic mass is 9.95. The maximum atomic E-state index is 11.9. The molecule has 0 heterocycles. The fourth-order valence-corrected chi connectivity index (χ4v) is 2.29. The number of rotatable bonds is 4. The van der Waals surface area contributed by atoms with E-state index in [0.717, 1.165) is 5.92 Å². The molecule has 0 aromatic heterocycles. The molecule has 1 saturated carbocycles.